The number of hydrogen-bond acceptors (Lipinski definition) is 4. The molecule has 2 aromatic carbocycles. The van der Waals surface area contributed by atoms with Gasteiger partial charge in [-0.05, 0) is 61.6 Å². The average molecular weight is 548 g/mol. The van der Waals surface area contributed by atoms with Crippen LogP contribution in [0, 0.1) is 25.7 Å². The van der Waals surface area contributed by atoms with Gasteiger partial charge in [-0.3, -0.25) is 14.4 Å². The summed E-state index contributed by atoms with van der Waals surface area (Å²) in [6, 6.07) is 12.2. The Morgan fingerprint density at radius 3 is 2.56 bits per heavy atom. The lowest BCUT2D eigenvalue weighted by Gasteiger charge is -2.34. The quantitative estimate of drug-likeness (QED) is 0.513. The number of likely N-dealkylation sites (tertiary alicyclic amines) is 1. The highest BCUT2D eigenvalue weighted by Crippen LogP contribution is 2.55. The zero-order chi connectivity index (χ0) is 27.3. The Bertz CT molecular complexity index is 1350. The summed E-state index contributed by atoms with van der Waals surface area (Å²) in [5.41, 5.74) is 2.41. The van der Waals surface area contributed by atoms with Crippen molar-refractivity contribution in [3.05, 3.63) is 76.3 Å². The highest BCUT2D eigenvalue weighted by molar-refractivity contribution is 6.31. The molecule has 8 heteroatoms. The smallest absolute Gasteiger partial charge is 0.246 e. The van der Waals surface area contributed by atoms with Crippen LogP contribution in [0.15, 0.2) is 54.6 Å². The van der Waals surface area contributed by atoms with E-state index in [0.717, 1.165) is 42.4 Å². The second kappa shape index (κ2) is 10.1. The molecular formula is C31H34ClN3O4. The van der Waals surface area contributed by atoms with Crippen LogP contribution in [0.5, 0.6) is 0 Å². The average Bonchev–Trinajstić information content (AvgIpc) is 3.56. The minimum atomic E-state index is -1.20. The van der Waals surface area contributed by atoms with Gasteiger partial charge in [0.15, 0.2) is 0 Å². The number of benzene rings is 2. The van der Waals surface area contributed by atoms with E-state index in [4.69, 9.17) is 16.3 Å². The van der Waals surface area contributed by atoms with Gasteiger partial charge in [-0.2, -0.15) is 0 Å². The molecule has 3 unspecified atom stereocenters. The Hall–Kier alpha value is -3.16. The number of nitrogens with one attached hydrogen (secondary N) is 2. The van der Waals surface area contributed by atoms with Crippen LogP contribution in [0.3, 0.4) is 0 Å². The number of amides is 3. The van der Waals surface area contributed by atoms with Crippen LogP contribution in [-0.4, -0.2) is 46.4 Å². The number of aryl methyl sites for hydroxylation is 2. The van der Waals surface area contributed by atoms with Crippen molar-refractivity contribution in [3.63, 3.8) is 0 Å². The Kier molecular flexibility index (Phi) is 6.76. The molecule has 4 aliphatic rings. The summed E-state index contributed by atoms with van der Waals surface area (Å²) in [5, 5.41) is 6.75. The van der Waals surface area contributed by atoms with Gasteiger partial charge in [-0.25, -0.2) is 0 Å². The molecule has 6 rings (SSSR count). The molecule has 2 saturated heterocycles. The summed E-state index contributed by atoms with van der Waals surface area (Å²) in [4.78, 5) is 43.4. The largest absolute Gasteiger partial charge is 0.359 e. The summed E-state index contributed by atoms with van der Waals surface area (Å²) in [6.07, 6.45) is 8.28. The normalized spacial score (nSPS) is 29.5. The van der Waals surface area contributed by atoms with Gasteiger partial charge in [0, 0.05) is 23.3 Å². The van der Waals surface area contributed by atoms with Gasteiger partial charge in [0.25, 0.3) is 0 Å². The maximum absolute atomic E-state index is 14.2. The van der Waals surface area contributed by atoms with Crippen LogP contribution in [-0.2, 0) is 25.7 Å². The topological polar surface area (TPSA) is 87.7 Å². The third-order valence-corrected chi connectivity index (χ3v) is 9.32. The van der Waals surface area contributed by atoms with E-state index >= 15 is 0 Å². The molecule has 1 spiro atoms. The van der Waals surface area contributed by atoms with Crippen LogP contribution < -0.4 is 10.6 Å². The summed E-state index contributed by atoms with van der Waals surface area (Å²) in [7, 11) is 0. The Balaban J connectivity index is 1.33. The van der Waals surface area contributed by atoms with Crippen LogP contribution in [0.25, 0.3) is 0 Å². The fraction of sp³-hybridized carbons (Fsp3) is 0.452. The second-order valence-electron chi connectivity index (χ2n) is 11.4. The van der Waals surface area contributed by atoms with Crippen molar-refractivity contribution in [2.45, 2.75) is 76.3 Å². The molecule has 1 aliphatic carbocycles. The van der Waals surface area contributed by atoms with Crippen molar-refractivity contribution in [2.75, 3.05) is 5.32 Å². The van der Waals surface area contributed by atoms with E-state index in [0.29, 0.717) is 10.7 Å². The standard InChI is InChI=1S/C31H34ClN3O4/c1-18-12-13-22(16-19(18)2)34-28(36)25-24-14-15-31(39-24)26(25)30(38)35(17-20-8-6-7-11-23(20)32)27(31)29(37)33-21-9-4-3-5-10-21/h6-8,11-16,21,24-27H,3-5,9-10,17H2,1-2H3,(H,33,37)(H,34,36)/t24-,25?,26-,27?,31?/m0/s1. The predicted octanol–water partition coefficient (Wildman–Crippen LogP) is 4.70. The first-order chi connectivity index (χ1) is 18.8. The zero-order valence-corrected chi connectivity index (χ0v) is 23.0. The molecule has 2 N–H and O–H groups in total. The minimum Gasteiger partial charge on any atom is -0.359 e. The molecule has 1 saturated carbocycles. The number of halogens is 1. The SMILES string of the molecule is Cc1ccc(NC(=O)C2[C@@H]3C=CC4(O3)C(C(=O)NC3CCCCC3)N(Cc3ccccc3Cl)C(=O)[C@H]24)cc1C. The Morgan fingerprint density at radius 1 is 1.05 bits per heavy atom. The lowest BCUT2D eigenvalue weighted by atomic mass is 9.74. The number of carbonyl (C=O) groups excluding carboxylic acids is 3. The fourth-order valence-electron chi connectivity index (χ4n) is 6.82. The van der Waals surface area contributed by atoms with Crippen molar-refractivity contribution in [3.8, 4) is 0 Å². The van der Waals surface area contributed by atoms with Crippen molar-refractivity contribution in [1.82, 2.24) is 10.2 Å². The van der Waals surface area contributed by atoms with Crippen molar-refractivity contribution in [1.29, 1.82) is 0 Å². The Morgan fingerprint density at radius 2 is 1.82 bits per heavy atom. The fourth-order valence-corrected chi connectivity index (χ4v) is 7.02. The summed E-state index contributed by atoms with van der Waals surface area (Å²) in [6.45, 7) is 4.17. The predicted molar refractivity (Wildman–Crippen MR) is 149 cm³/mol. The van der Waals surface area contributed by atoms with E-state index < -0.39 is 29.6 Å². The summed E-state index contributed by atoms with van der Waals surface area (Å²) < 4.78 is 6.46. The van der Waals surface area contributed by atoms with E-state index in [9.17, 15) is 14.4 Å². The molecule has 3 amide bonds. The van der Waals surface area contributed by atoms with Gasteiger partial charge in [-0.15, -0.1) is 0 Å². The molecule has 3 heterocycles. The monoisotopic (exact) mass is 547 g/mol. The molecule has 3 aliphatic heterocycles. The maximum atomic E-state index is 14.2. The van der Waals surface area contributed by atoms with Gasteiger partial charge in [-0.1, -0.05) is 67.3 Å². The van der Waals surface area contributed by atoms with E-state index in [1.54, 1.807) is 11.0 Å². The van der Waals surface area contributed by atoms with Gasteiger partial charge in [0.1, 0.15) is 11.6 Å². The number of anilines is 1. The lowest BCUT2D eigenvalue weighted by molar-refractivity contribution is -0.142. The first-order valence-corrected chi connectivity index (χ1v) is 14.3. The van der Waals surface area contributed by atoms with Gasteiger partial charge < -0.3 is 20.3 Å². The highest BCUT2D eigenvalue weighted by atomic mass is 35.5. The summed E-state index contributed by atoms with van der Waals surface area (Å²) in [5.74, 6) is -2.32. The van der Waals surface area contributed by atoms with Crippen LogP contribution in [0.1, 0.15) is 48.8 Å². The first kappa shape index (κ1) is 26.1. The molecule has 0 aromatic heterocycles. The highest BCUT2D eigenvalue weighted by Gasteiger charge is 2.72. The van der Waals surface area contributed by atoms with E-state index in [1.807, 2.05) is 62.4 Å². The second-order valence-corrected chi connectivity index (χ2v) is 11.8. The number of nitrogens with zero attached hydrogens (tertiary/aromatic N) is 1. The lowest BCUT2D eigenvalue weighted by Crippen LogP contribution is -2.56. The summed E-state index contributed by atoms with van der Waals surface area (Å²) >= 11 is 6.48. The third-order valence-electron chi connectivity index (χ3n) is 8.95. The molecule has 39 heavy (non-hydrogen) atoms. The molecule has 5 atom stereocenters. The third kappa shape index (κ3) is 4.45. The van der Waals surface area contributed by atoms with Crippen molar-refractivity contribution >= 4 is 35.0 Å². The van der Waals surface area contributed by atoms with Crippen LogP contribution >= 0.6 is 11.6 Å². The number of ether oxygens (including phenoxy) is 1. The molecular weight excluding hydrogens is 514 g/mol. The minimum absolute atomic E-state index is 0.0745. The molecule has 204 valence electrons. The van der Waals surface area contributed by atoms with Gasteiger partial charge in [0.2, 0.25) is 17.7 Å². The van der Waals surface area contributed by atoms with Crippen molar-refractivity contribution < 1.29 is 19.1 Å². The van der Waals surface area contributed by atoms with Gasteiger partial charge in [0.05, 0.1) is 17.9 Å². The Labute approximate surface area is 233 Å². The molecule has 2 aromatic rings. The zero-order valence-electron chi connectivity index (χ0n) is 22.3. The van der Waals surface area contributed by atoms with Crippen molar-refractivity contribution in [2.24, 2.45) is 11.8 Å². The maximum Gasteiger partial charge on any atom is 0.246 e. The first-order valence-electron chi connectivity index (χ1n) is 13.9. The number of fused-ring (bicyclic) bond motifs is 1. The molecule has 2 bridgehead atoms. The van der Waals surface area contributed by atoms with E-state index in [1.165, 1.54) is 6.42 Å². The number of hydrogen-bond donors (Lipinski definition) is 2. The van der Waals surface area contributed by atoms with Gasteiger partial charge >= 0.3 is 0 Å². The molecule has 3 fully saturated rings. The molecule has 0 radical (unpaired) electrons. The van der Waals surface area contributed by atoms with Crippen LogP contribution in [0.2, 0.25) is 5.02 Å². The number of rotatable bonds is 6. The van der Waals surface area contributed by atoms with Crippen LogP contribution in [0.4, 0.5) is 5.69 Å². The van der Waals surface area contributed by atoms with E-state index in [2.05, 4.69) is 10.6 Å². The number of carbonyl (C=O) groups is 3. The van der Waals surface area contributed by atoms with E-state index in [-0.39, 0.29) is 30.3 Å². The molecule has 7 nitrogen and oxygen atoms in total.